The highest BCUT2D eigenvalue weighted by molar-refractivity contribution is 6.16. The molecule has 1 heterocycles. The minimum atomic E-state index is -0.179. The molecule has 74 heavy (non-hydrogen) atoms. The second-order valence-corrected chi connectivity index (χ2v) is 20.8. The molecule has 0 unspecified atom stereocenters. The lowest BCUT2D eigenvalue weighted by Crippen LogP contribution is -2.15. The molecule has 0 atom stereocenters. The average Bonchev–Trinajstić information content (AvgIpc) is 3.91. The maximum atomic E-state index is 2.49. The lowest BCUT2D eigenvalue weighted by Gasteiger charge is -2.23. The van der Waals surface area contributed by atoms with Gasteiger partial charge in [-0.25, -0.2) is 0 Å². The van der Waals surface area contributed by atoms with E-state index in [4.69, 9.17) is 0 Å². The SMILES string of the molecule is CC1(C)c2cc(-c3ccccc3)ccc2-c2ccc(-n3c4ccc(-c5ccc(-c6cc7ccccc7c7ccccc67)cc5)cc4c4cc(-c5ccc(-c6cc7ccccc7c7ccccc67)cc5)ccc43)cc21. The summed E-state index contributed by atoms with van der Waals surface area (Å²) < 4.78 is 2.49. The summed E-state index contributed by atoms with van der Waals surface area (Å²) in [5.41, 5.74) is 21.0. The number of nitrogens with zero attached hydrogens (tertiary/aromatic N) is 1. The Balaban J connectivity index is 0.859. The Hall–Kier alpha value is -9.30. The fraction of sp³-hybridized carbons (Fsp3) is 0.0411. The topological polar surface area (TPSA) is 4.93 Å². The fourth-order valence-electron chi connectivity index (χ4n) is 12.6. The molecule has 0 amide bonds. The minimum absolute atomic E-state index is 0.179. The number of rotatable bonds is 6. The summed E-state index contributed by atoms with van der Waals surface area (Å²) in [5.74, 6) is 0. The van der Waals surface area contributed by atoms with E-state index in [0.29, 0.717) is 0 Å². The van der Waals surface area contributed by atoms with Crippen molar-refractivity contribution in [2.75, 3.05) is 0 Å². The van der Waals surface area contributed by atoms with Crippen molar-refractivity contribution in [1.29, 1.82) is 0 Å². The van der Waals surface area contributed by atoms with Crippen LogP contribution in [0, 0.1) is 0 Å². The Bertz CT molecular complexity index is 4370. The van der Waals surface area contributed by atoms with E-state index >= 15 is 0 Å². The molecule has 1 aliphatic carbocycles. The molecule has 14 aromatic rings. The van der Waals surface area contributed by atoms with E-state index < -0.39 is 0 Å². The molecule has 0 radical (unpaired) electrons. The molecule has 0 spiro atoms. The number of benzene rings is 13. The smallest absolute Gasteiger partial charge is 0.0541 e. The van der Waals surface area contributed by atoms with Gasteiger partial charge in [-0.2, -0.15) is 0 Å². The van der Waals surface area contributed by atoms with Crippen LogP contribution in [0.15, 0.2) is 261 Å². The number of aromatic nitrogens is 1. The molecule has 346 valence electrons. The monoisotopic (exact) mass is 939 g/mol. The van der Waals surface area contributed by atoms with Crippen LogP contribution in [0.3, 0.4) is 0 Å². The first-order chi connectivity index (χ1) is 36.4. The summed E-state index contributed by atoms with van der Waals surface area (Å²) in [6.45, 7) is 4.78. The minimum Gasteiger partial charge on any atom is -0.309 e. The lowest BCUT2D eigenvalue weighted by molar-refractivity contribution is 0.660. The molecular weight excluding hydrogens is 891 g/mol. The summed E-state index contributed by atoms with van der Waals surface area (Å²) in [6, 6.07) is 97.3. The molecule has 0 bridgehead atoms. The first-order valence-corrected chi connectivity index (χ1v) is 25.9. The summed E-state index contributed by atoms with van der Waals surface area (Å²) in [7, 11) is 0. The molecule has 0 fully saturated rings. The van der Waals surface area contributed by atoms with Crippen molar-refractivity contribution in [3.05, 3.63) is 272 Å². The molecule has 1 aromatic heterocycles. The highest BCUT2D eigenvalue weighted by Gasteiger charge is 2.36. The highest BCUT2D eigenvalue weighted by Crippen LogP contribution is 2.51. The summed E-state index contributed by atoms with van der Waals surface area (Å²) in [5, 5.41) is 12.7. The normalized spacial score (nSPS) is 12.8. The molecule has 1 nitrogen and oxygen atoms in total. The standard InChI is InChI=1S/C73H49N/c1-73(2)69-44-53(46-14-4-3-5-15-46)32-36-63(69)64-37-35-56(45-70(64)73)74-71-38-33-51(47-24-28-49(29-25-47)65-42-54-16-6-8-18-57(54)59-20-10-12-22-61(59)65)40-67(71)68-41-52(34-39-72(68)74)48-26-30-50(31-27-48)66-43-55-17-7-9-19-58(55)60-21-11-13-23-62(60)66/h3-45H,1-2H3. The first-order valence-electron chi connectivity index (χ1n) is 25.9. The molecule has 1 aliphatic rings. The van der Waals surface area contributed by atoms with E-state index in [-0.39, 0.29) is 5.41 Å². The van der Waals surface area contributed by atoms with Crippen LogP contribution in [-0.4, -0.2) is 4.57 Å². The number of hydrogen-bond acceptors (Lipinski definition) is 0. The van der Waals surface area contributed by atoms with Crippen LogP contribution in [0.4, 0.5) is 0 Å². The van der Waals surface area contributed by atoms with Crippen LogP contribution >= 0.6 is 0 Å². The van der Waals surface area contributed by atoms with Crippen molar-refractivity contribution in [2.24, 2.45) is 0 Å². The van der Waals surface area contributed by atoms with Crippen molar-refractivity contribution >= 4 is 64.9 Å². The zero-order valence-electron chi connectivity index (χ0n) is 41.3. The summed E-state index contributed by atoms with van der Waals surface area (Å²) >= 11 is 0. The lowest BCUT2D eigenvalue weighted by atomic mass is 9.81. The Labute approximate surface area is 430 Å². The van der Waals surface area contributed by atoms with Gasteiger partial charge in [-0.05, 0) is 176 Å². The zero-order chi connectivity index (χ0) is 49.1. The second kappa shape index (κ2) is 16.4. The highest BCUT2D eigenvalue weighted by atomic mass is 15.0. The van der Waals surface area contributed by atoms with Gasteiger partial charge in [-0.15, -0.1) is 0 Å². The van der Waals surface area contributed by atoms with Crippen molar-refractivity contribution in [3.8, 4) is 72.4 Å². The van der Waals surface area contributed by atoms with Crippen molar-refractivity contribution in [2.45, 2.75) is 19.3 Å². The third-order valence-electron chi connectivity index (χ3n) is 16.4. The fourth-order valence-corrected chi connectivity index (χ4v) is 12.6. The third kappa shape index (κ3) is 6.56. The van der Waals surface area contributed by atoms with Crippen LogP contribution in [0.25, 0.3) is 137 Å². The van der Waals surface area contributed by atoms with Crippen LogP contribution in [-0.2, 0) is 5.41 Å². The molecule has 1 heteroatoms. The van der Waals surface area contributed by atoms with Gasteiger partial charge in [0.15, 0.2) is 0 Å². The number of hydrogen-bond donors (Lipinski definition) is 0. The molecular formula is C73H49N. The average molecular weight is 940 g/mol. The summed E-state index contributed by atoms with van der Waals surface area (Å²) in [6.07, 6.45) is 0. The Morgan fingerprint density at radius 1 is 0.243 bits per heavy atom. The molecule has 0 saturated heterocycles. The zero-order valence-corrected chi connectivity index (χ0v) is 41.3. The van der Waals surface area contributed by atoms with E-state index in [0.717, 1.165) is 0 Å². The largest absolute Gasteiger partial charge is 0.309 e. The van der Waals surface area contributed by atoms with Crippen LogP contribution in [0.2, 0.25) is 0 Å². The van der Waals surface area contributed by atoms with Crippen LogP contribution in [0.5, 0.6) is 0 Å². The van der Waals surface area contributed by atoms with E-state index in [1.54, 1.807) is 0 Å². The van der Waals surface area contributed by atoms with Gasteiger partial charge in [0.25, 0.3) is 0 Å². The number of fused-ring (bicyclic) bond motifs is 12. The Morgan fingerprint density at radius 2 is 0.622 bits per heavy atom. The van der Waals surface area contributed by atoms with Gasteiger partial charge >= 0.3 is 0 Å². The molecule has 0 N–H and O–H groups in total. The van der Waals surface area contributed by atoms with Crippen LogP contribution in [0.1, 0.15) is 25.0 Å². The predicted molar refractivity (Wildman–Crippen MR) is 316 cm³/mol. The summed E-state index contributed by atoms with van der Waals surface area (Å²) in [4.78, 5) is 0. The predicted octanol–water partition coefficient (Wildman–Crippen LogP) is 20.0. The van der Waals surface area contributed by atoms with Crippen LogP contribution < -0.4 is 0 Å². The van der Waals surface area contributed by atoms with Gasteiger partial charge in [0, 0.05) is 21.9 Å². The quantitative estimate of drug-likeness (QED) is 0.146. The third-order valence-corrected chi connectivity index (χ3v) is 16.4. The second-order valence-electron chi connectivity index (χ2n) is 20.8. The van der Waals surface area contributed by atoms with E-state index in [2.05, 4.69) is 279 Å². The van der Waals surface area contributed by atoms with Crippen molar-refractivity contribution in [1.82, 2.24) is 4.57 Å². The maximum Gasteiger partial charge on any atom is 0.0541 e. The Kier molecular flexibility index (Phi) is 9.37. The Morgan fingerprint density at radius 3 is 1.15 bits per heavy atom. The van der Waals surface area contributed by atoms with Gasteiger partial charge in [-0.3, -0.25) is 0 Å². The van der Waals surface area contributed by atoms with Gasteiger partial charge in [0.1, 0.15) is 0 Å². The van der Waals surface area contributed by atoms with E-state index in [1.165, 1.54) is 148 Å². The van der Waals surface area contributed by atoms with Gasteiger partial charge < -0.3 is 4.57 Å². The molecule has 0 saturated carbocycles. The van der Waals surface area contributed by atoms with Gasteiger partial charge in [0.05, 0.1) is 11.0 Å². The maximum absolute atomic E-state index is 2.49. The van der Waals surface area contributed by atoms with E-state index in [1.807, 2.05) is 0 Å². The first kappa shape index (κ1) is 42.4. The molecule has 15 rings (SSSR count). The molecule has 13 aromatic carbocycles. The van der Waals surface area contributed by atoms with Crippen molar-refractivity contribution in [3.63, 3.8) is 0 Å². The van der Waals surface area contributed by atoms with Crippen molar-refractivity contribution < 1.29 is 0 Å². The van der Waals surface area contributed by atoms with Gasteiger partial charge in [0.2, 0.25) is 0 Å². The molecule has 0 aliphatic heterocycles. The van der Waals surface area contributed by atoms with E-state index in [9.17, 15) is 0 Å². The van der Waals surface area contributed by atoms with Gasteiger partial charge in [-0.1, -0.05) is 220 Å².